The molecule has 35 heavy (non-hydrogen) atoms. The molecule has 1 aromatic carbocycles. The van der Waals surface area contributed by atoms with E-state index in [1.54, 1.807) is 65.9 Å². The second kappa shape index (κ2) is 15.4. The van der Waals surface area contributed by atoms with Crippen LogP contribution in [0.1, 0.15) is 51.4 Å². The third-order valence-corrected chi connectivity index (χ3v) is 10.8. The lowest BCUT2D eigenvalue weighted by molar-refractivity contribution is -0.145. The third kappa shape index (κ3) is 9.01. The summed E-state index contributed by atoms with van der Waals surface area (Å²) in [7, 11) is -6.51. The summed E-state index contributed by atoms with van der Waals surface area (Å²) in [6.45, 7) is 8.02. The van der Waals surface area contributed by atoms with E-state index in [0.717, 1.165) is 5.69 Å². The van der Waals surface area contributed by atoms with Gasteiger partial charge in [-0.05, 0) is 58.9 Å². The molecule has 2 N–H and O–H groups in total. The number of anilines is 1. The summed E-state index contributed by atoms with van der Waals surface area (Å²) in [6, 6.07) is 5.23. The van der Waals surface area contributed by atoms with Gasteiger partial charge in [0.25, 0.3) is 5.91 Å². The summed E-state index contributed by atoms with van der Waals surface area (Å²) >= 11 is 0. The van der Waals surface area contributed by atoms with Gasteiger partial charge in [-0.15, -0.1) is 0 Å². The van der Waals surface area contributed by atoms with Crippen molar-refractivity contribution >= 4 is 32.8 Å². The summed E-state index contributed by atoms with van der Waals surface area (Å²) in [6.07, 6.45) is -0.423. The molecule has 0 aliphatic carbocycles. The molecule has 0 saturated carbocycles. The summed E-state index contributed by atoms with van der Waals surface area (Å²) in [5.74, 6) is -1.37. The number of rotatable bonds is 17. The van der Waals surface area contributed by atoms with Crippen LogP contribution in [0.3, 0.4) is 0 Å². The van der Waals surface area contributed by atoms with Crippen LogP contribution < -0.4 is 10.6 Å². The van der Waals surface area contributed by atoms with Crippen molar-refractivity contribution in [3.63, 3.8) is 0 Å². The summed E-state index contributed by atoms with van der Waals surface area (Å²) < 4.78 is 54.6. The molecule has 0 aromatic heterocycles. The van der Waals surface area contributed by atoms with E-state index in [1.165, 1.54) is 0 Å². The molecular formula is C22H38N2O9P2. The molecule has 11 nitrogen and oxygen atoms in total. The number of hydrogen-bond donors (Lipinski definition) is 2. The van der Waals surface area contributed by atoms with Gasteiger partial charge >= 0.3 is 21.2 Å². The zero-order valence-electron chi connectivity index (χ0n) is 21.3. The lowest BCUT2D eigenvalue weighted by Crippen LogP contribution is -2.44. The van der Waals surface area contributed by atoms with Crippen molar-refractivity contribution < 1.29 is 41.6 Å². The van der Waals surface area contributed by atoms with Crippen LogP contribution in [0.5, 0.6) is 0 Å². The van der Waals surface area contributed by atoms with Crippen molar-refractivity contribution in [3.05, 3.63) is 29.8 Å². The lowest BCUT2D eigenvalue weighted by atomic mass is 10.1. The summed E-state index contributed by atoms with van der Waals surface area (Å²) in [5, 5.41) is 4.06. The Morgan fingerprint density at radius 2 is 1.26 bits per heavy atom. The molecule has 0 fully saturated rings. The number of benzene rings is 1. The molecular weight excluding hydrogens is 498 g/mol. The number of hydrogen-bond acceptors (Lipinski definition) is 10. The molecule has 0 bridgehead atoms. The number of carbonyl (C=O) groups is 2. The first-order valence-electron chi connectivity index (χ1n) is 11.7. The molecule has 1 aromatic rings. The molecule has 0 aliphatic heterocycles. The average Bonchev–Trinajstić information content (AvgIpc) is 2.82. The standard InChI is InChI=1S/C22H38N2O9P2/c1-7-29-22(26)19(24-21(25)17-12-14-18(23-6)15-13-17)16-20(34(27,30-8-2)31-9-3)35(28,32-10-4)33-11-5/h12-15,19-20,23H,7-11,16H2,1-6H3,(H,24,25). The van der Waals surface area contributed by atoms with Gasteiger partial charge in [0.15, 0.2) is 5.40 Å². The van der Waals surface area contributed by atoms with Crippen LogP contribution in [0.25, 0.3) is 0 Å². The van der Waals surface area contributed by atoms with E-state index >= 15 is 0 Å². The van der Waals surface area contributed by atoms with E-state index < -0.39 is 44.9 Å². The monoisotopic (exact) mass is 536 g/mol. The topological polar surface area (TPSA) is 138 Å². The number of amides is 1. The minimum absolute atomic E-state index is 0.0136. The Hall–Kier alpha value is -1.74. The first-order chi connectivity index (χ1) is 16.6. The van der Waals surface area contributed by atoms with Crippen LogP contribution in [0, 0.1) is 0 Å². The fourth-order valence-corrected chi connectivity index (χ4v) is 8.67. The zero-order chi connectivity index (χ0) is 26.5. The average molecular weight is 536 g/mol. The maximum Gasteiger partial charge on any atom is 0.345 e. The Balaban J connectivity index is 3.46. The highest BCUT2D eigenvalue weighted by Gasteiger charge is 2.52. The van der Waals surface area contributed by atoms with Crippen LogP contribution in [0.4, 0.5) is 5.69 Å². The maximum absolute atomic E-state index is 13.8. The highest BCUT2D eigenvalue weighted by molar-refractivity contribution is 7.72. The van der Waals surface area contributed by atoms with E-state index in [2.05, 4.69) is 10.6 Å². The van der Waals surface area contributed by atoms with Gasteiger partial charge in [-0.2, -0.15) is 0 Å². The van der Waals surface area contributed by atoms with Crippen molar-refractivity contribution in [1.82, 2.24) is 5.32 Å². The van der Waals surface area contributed by atoms with Crippen molar-refractivity contribution in [3.8, 4) is 0 Å². The van der Waals surface area contributed by atoms with Gasteiger partial charge < -0.3 is 33.5 Å². The predicted molar refractivity (Wildman–Crippen MR) is 134 cm³/mol. The van der Waals surface area contributed by atoms with E-state index in [4.69, 9.17) is 22.8 Å². The Morgan fingerprint density at radius 3 is 1.63 bits per heavy atom. The fourth-order valence-electron chi connectivity index (χ4n) is 3.27. The van der Waals surface area contributed by atoms with Gasteiger partial charge in [0.05, 0.1) is 33.0 Å². The van der Waals surface area contributed by atoms with Gasteiger partial charge in [0.2, 0.25) is 0 Å². The van der Waals surface area contributed by atoms with Crippen LogP contribution in [-0.4, -0.2) is 63.4 Å². The molecule has 0 heterocycles. The predicted octanol–water partition coefficient (Wildman–Crippen LogP) is 4.64. The maximum atomic E-state index is 13.8. The molecule has 1 atom stereocenters. The fraction of sp³-hybridized carbons (Fsp3) is 0.636. The van der Waals surface area contributed by atoms with E-state index in [-0.39, 0.29) is 38.6 Å². The van der Waals surface area contributed by atoms with E-state index in [0.29, 0.717) is 0 Å². The number of carbonyl (C=O) groups excluding carboxylic acids is 2. The highest BCUT2D eigenvalue weighted by Crippen LogP contribution is 2.71. The second-order valence-electron chi connectivity index (χ2n) is 7.07. The minimum Gasteiger partial charge on any atom is -0.464 e. The van der Waals surface area contributed by atoms with Gasteiger partial charge in [-0.3, -0.25) is 13.9 Å². The Bertz CT molecular complexity index is 845. The van der Waals surface area contributed by atoms with Crippen LogP contribution >= 0.6 is 15.2 Å². The van der Waals surface area contributed by atoms with Crippen LogP contribution in [0.15, 0.2) is 24.3 Å². The highest BCUT2D eigenvalue weighted by atomic mass is 31.2. The number of ether oxygens (including phenoxy) is 1. The molecule has 1 amide bonds. The Kier molecular flexibility index (Phi) is 13.8. The Morgan fingerprint density at radius 1 is 0.800 bits per heavy atom. The third-order valence-electron chi connectivity index (χ3n) is 4.72. The van der Waals surface area contributed by atoms with Crippen LogP contribution in [0.2, 0.25) is 0 Å². The quantitative estimate of drug-likeness (QED) is 0.214. The SMILES string of the molecule is CCOC(=O)C(CC(P(=O)(OCC)OCC)P(=O)(OCC)OCC)NC(=O)c1ccc(NC)cc1. The van der Waals surface area contributed by atoms with Crippen molar-refractivity contribution in [2.45, 2.75) is 52.5 Å². The zero-order valence-corrected chi connectivity index (χ0v) is 23.1. The van der Waals surface area contributed by atoms with Crippen molar-refractivity contribution in [2.75, 3.05) is 45.4 Å². The van der Waals surface area contributed by atoms with Crippen molar-refractivity contribution in [1.29, 1.82) is 0 Å². The first-order valence-corrected chi connectivity index (χ1v) is 14.9. The molecule has 1 rings (SSSR count). The smallest absolute Gasteiger partial charge is 0.345 e. The van der Waals surface area contributed by atoms with Gasteiger partial charge in [-0.25, -0.2) is 4.79 Å². The minimum atomic E-state index is -4.13. The van der Waals surface area contributed by atoms with E-state index in [9.17, 15) is 18.7 Å². The van der Waals surface area contributed by atoms with Gasteiger partial charge in [0, 0.05) is 24.7 Å². The molecule has 0 spiro atoms. The number of nitrogens with one attached hydrogen (secondary N) is 2. The summed E-state index contributed by atoms with van der Waals surface area (Å²) in [4.78, 5) is 25.8. The molecule has 0 radical (unpaired) electrons. The van der Waals surface area contributed by atoms with Crippen molar-refractivity contribution in [2.24, 2.45) is 0 Å². The van der Waals surface area contributed by atoms with E-state index in [1.807, 2.05) is 0 Å². The molecule has 0 aliphatic rings. The molecule has 13 heteroatoms. The van der Waals surface area contributed by atoms with Gasteiger partial charge in [0.1, 0.15) is 6.04 Å². The van der Waals surface area contributed by atoms with Crippen LogP contribution in [-0.2, 0) is 36.8 Å². The first kappa shape index (κ1) is 31.3. The summed E-state index contributed by atoms with van der Waals surface area (Å²) in [5.41, 5.74) is 1.08. The normalized spacial score (nSPS) is 12.9. The lowest BCUT2D eigenvalue weighted by Gasteiger charge is -2.33. The molecule has 1 unspecified atom stereocenters. The largest absolute Gasteiger partial charge is 0.464 e. The number of esters is 1. The second-order valence-corrected chi connectivity index (χ2v) is 11.9. The molecule has 200 valence electrons. The van der Waals surface area contributed by atoms with Gasteiger partial charge in [-0.1, -0.05) is 0 Å². The molecule has 0 saturated heterocycles. The Labute approximate surface area is 207 Å².